The molecule has 2 nitrogen and oxygen atoms in total. The molecular weight excluding hydrogens is 198 g/mol. The first-order chi connectivity index (χ1) is 6.58. The van der Waals surface area contributed by atoms with Crippen molar-refractivity contribution in [3.63, 3.8) is 0 Å². The van der Waals surface area contributed by atoms with Gasteiger partial charge in [-0.25, -0.2) is 0 Å². The molecule has 0 aliphatic rings. The van der Waals surface area contributed by atoms with Gasteiger partial charge in [0.25, 0.3) is 0 Å². The molecule has 3 heteroatoms. The highest BCUT2D eigenvalue weighted by molar-refractivity contribution is 6.30. The third kappa shape index (κ3) is 3.99. The Bertz CT molecular complexity index is 271. The van der Waals surface area contributed by atoms with Crippen LogP contribution >= 0.6 is 11.6 Å². The van der Waals surface area contributed by atoms with Crippen molar-refractivity contribution in [2.24, 2.45) is 5.73 Å². The van der Waals surface area contributed by atoms with Crippen molar-refractivity contribution in [3.8, 4) is 5.75 Å². The standard InChI is InChI=1S/C11H16ClNO/c1-8(13)7-9(2)14-11-5-3-10(12)4-6-11/h3-6,8-9H,7,13H2,1-2H3. The quantitative estimate of drug-likeness (QED) is 0.835. The van der Waals surface area contributed by atoms with Gasteiger partial charge < -0.3 is 10.5 Å². The van der Waals surface area contributed by atoms with Gasteiger partial charge in [0.1, 0.15) is 5.75 Å². The predicted molar refractivity (Wildman–Crippen MR) is 59.8 cm³/mol. The summed E-state index contributed by atoms with van der Waals surface area (Å²) in [6, 6.07) is 7.52. The van der Waals surface area contributed by atoms with Crippen LogP contribution in [0.15, 0.2) is 24.3 Å². The van der Waals surface area contributed by atoms with Crippen LogP contribution in [0.25, 0.3) is 0 Å². The average molecular weight is 214 g/mol. The first-order valence-corrected chi connectivity index (χ1v) is 5.13. The topological polar surface area (TPSA) is 35.2 Å². The second-order valence-corrected chi connectivity index (χ2v) is 4.03. The molecule has 0 radical (unpaired) electrons. The van der Waals surface area contributed by atoms with E-state index in [2.05, 4.69) is 0 Å². The highest BCUT2D eigenvalue weighted by Gasteiger charge is 2.06. The van der Waals surface area contributed by atoms with Crippen LogP contribution in [0.1, 0.15) is 20.3 Å². The third-order valence-electron chi connectivity index (χ3n) is 1.85. The Kier molecular flexibility index (Phi) is 4.23. The Balaban J connectivity index is 2.47. The van der Waals surface area contributed by atoms with Gasteiger partial charge in [0.05, 0.1) is 6.10 Å². The summed E-state index contributed by atoms with van der Waals surface area (Å²) in [5, 5.41) is 0.720. The number of halogens is 1. The van der Waals surface area contributed by atoms with Crippen molar-refractivity contribution in [2.45, 2.75) is 32.4 Å². The van der Waals surface area contributed by atoms with Crippen molar-refractivity contribution in [1.82, 2.24) is 0 Å². The molecule has 0 fully saturated rings. The Morgan fingerprint density at radius 3 is 2.36 bits per heavy atom. The molecular formula is C11H16ClNO. The van der Waals surface area contributed by atoms with E-state index in [-0.39, 0.29) is 12.1 Å². The zero-order valence-electron chi connectivity index (χ0n) is 8.53. The summed E-state index contributed by atoms with van der Waals surface area (Å²) >= 11 is 5.76. The number of ether oxygens (including phenoxy) is 1. The van der Waals surface area contributed by atoms with E-state index in [9.17, 15) is 0 Å². The first-order valence-electron chi connectivity index (χ1n) is 4.75. The molecule has 0 saturated heterocycles. The lowest BCUT2D eigenvalue weighted by Crippen LogP contribution is -2.24. The number of hydrogen-bond acceptors (Lipinski definition) is 2. The van der Waals surface area contributed by atoms with Gasteiger partial charge in [-0.2, -0.15) is 0 Å². The minimum absolute atomic E-state index is 0.135. The van der Waals surface area contributed by atoms with E-state index in [1.807, 2.05) is 38.1 Å². The van der Waals surface area contributed by atoms with Crippen molar-refractivity contribution >= 4 is 11.6 Å². The molecule has 1 rings (SSSR count). The largest absolute Gasteiger partial charge is 0.491 e. The van der Waals surface area contributed by atoms with Gasteiger partial charge in [-0.3, -0.25) is 0 Å². The minimum Gasteiger partial charge on any atom is -0.491 e. The van der Waals surface area contributed by atoms with Crippen molar-refractivity contribution in [1.29, 1.82) is 0 Å². The van der Waals surface area contributed by atoms with Gasteiger partial charge in [0.2, 0.25) is 0 Å². The maximum Gasteiger partial charge on any atom is 0.119 e. The first kappa shape index (κ1) is 11.3. The molecule has 0 saturated carbocycles. The predicted octanol–water partition coefficient (Wildman–Crippen LogP) is 2.84. The normalized spacial score (nSPS) is 14.9. The Morgan fingerprint density at radius 1 is 1.29 bits per heavy atom. The van der Waals surface area contributed by atoms with Crippen LogP contribution in [0.2, 0.25) is 5.02 Å². The van der Waals surface area contributed by atoms with Crippen LogP contribution in [-0.4, -0.2) is 12.1 Å². The number of hydrogen-bond donors (Lipinski definition) is 1. The Morgan fingerprint density at radius 2 is 1.86 bits per heavy atom. The van der Waals surface area contributed by atoms with Gasteiger partial charge in [0, 0.05) is 11.1 Å². The van der Waals surface area contributed by atoms with Crippen LogP contribution in [-0.2, 0) is 0 Å². The highest BCUT2D eigenvalue weighted by Crippen LogP contribution is 2.17. The molecule has 1 aromatic carbocycles. The molecule has 0 aliphatic carbocycles. The summed E-state index contributed by atoms with van der Waals surface area (Å²) in [7, 11) is 0. The maximum atomic E-state index is 5.76. The van der Waals surface area contributed by atoms with E-state index in [0.29, 0.717) is 0 Å². The lowest BCUT2D eigenvalue weighted by Gasteiger charge is -2.16. The van der Waals surface area contributed by atoms with Gasteiger partial charge >= 0.3 is 0 Å². The molecule has 78 valence electrons. The van der Waals surface area contributed by atoms with Crippen LogP contribution in [0.5, 0.6) is 5.75 Å². The number of rotatable bonds is 4. The molecule has 0 amide bonds. The van der Waals surface area contributed by atoms with Crippen molar-refractivity contribution in [2.75, 3.05) is 0 Å². The molecule has 0 aromatic heterocycles. The molecule has 0 heterocycles. The summed E-state index contributed by atoms with van der Waals surface area (Å²) < 4.78 is 5.64. The smallest absolute Gasteiger partial charge is 0.119 e. The minimum atomic E-state index is 0.135. The fraction of sp³-hybridized carbons (Fsp3) is 0.455. The molecule has 0 spiro atoms. The Hall–Kier alpha value is -0.730. The van der Waals surface area contributed by atoms with Crippen LogP contribution in [0, 0.1) is 0 Å². The Labute approximate surface area is 90.0 Å². The fourth-order valence-electron chi connectivity index (χ4n) is 1.32. The van der Waals surface area contributed by atoms with E-state index in [1.54, 1.807) is 0 Å². The molecule has 0 aliphatic heterocycles. The third-order valence-corrected chi connectivity index (χ3v) is 2.11. The molecule has 1 aromatic rings. The van der Waals surface area contributed by atoms with E-state index in [1.165, 1.54) is 0 Å². The monoisotopic (exact) mass is 213 g/mol. The fourth-order valence-corrected chi connectivity index (χ4v) is 1.44. The summed E-state index contributed by atoms with van der Waals surface area (Å²) in [5.74, 6) is 0.836. The molecule has 2 atom stereocenters. The van der Waals surface area contributed by atoms with E-state index < -0.39 is 0 Å². The number of benzene rings is 1. The second kappa shape index (κ2) is 5.23. The van der Waals surface area contributed by atoms with Gasteiger partial charge in [-0.1, -0.05) is 11.6 Å². The van der Waals surface area contributed by atoms with Gasteiger partial charge in [-0.15, -0.1) is 0 Å². The summed E-state index contributed by atoms with van der Waals surface area (Å²) in [5.41, 5.74) is 5.67. The molecule has 14 heavy (non-hydrogen) atoms. The number of nitrogens with two attached hydrogens (primary N) is 1. The summed E-state index contributed by atoms with van der Waals surface area (Å²) in [6.07, 6.45) is 0.985. The molecule has 2 N–H and O–H groups in total. The van der Waals surface area contributed by atoms with Crippen LogP contribution in [0.3, 0.4) is 0 Å². The van der Waals surface area contributed by atoms with Gasteiger partial charge in [-0.05, 0) is 44.5 Å². The lowest BCUT2D eigenvalue weighted by molar-refractivity contribution is 0.203. The highest BCUT2D eigenvalue weighted by atomic mass is 35.5. The summed E-state index contributed by atoms with van der Waals surface area (Å²) in [4.78, 5) is 0. The van der Waals surface area contributed by atoms with Crippen LogP contribution < -0.4 is 10.5 Å². The average Bonchev–Trinajstić information content (AvgIpc) is 2.07. The zero-order chi connectivity index (χ0) is 10.6. The second-order valence-electron chi connectivity index (χ2n) is 3.60. The van der Waals surface area contributed by atoms with E-state index >= 15 is 0 Å². The van der Waals surface area contributed by atoms with Crippen molar-refractivity contribution in [3.05, 3.63) is 29.3 Å². The molecule has 0 bridgehead atoms. The SMILES string of the molecule is CC(N)CC(C)Oc1ccc(Cl)cc1. The van der Waals surface area contributed by atoms with Gasteiger partial charge in [0.15, 0.2) is 0 Å². The molecule has 2 unspecified atom stereocenters. The maximum absolute atomic E-state index is 5.76. The summed E-state index contributed by atoms with van der Waals surface area (Å²) in [6.45, 7) is 3.99. The lowest BCUT2D eigenvalue weighted by atomic mass is 10.2. The van der Waals surface area contributed by atoms with E-state index in [0.717, 1.165) is 17.2 Å². The zero-order valence-corrected chi connectivity index (χ0v) is 9.29. The van der Waals surface area contributed by atoms with Crippen LogP contribution in [0.4, 0.5) is 0 Å². The van der Waals surface area contributed by atoms with E-state index in [4.69, 9.17) is 22.1 Å². The van der Waals surface area contributed by atoms with Crippen molar-refractivity contribution < 1.29 is 4.74 Å².